The monoisotopic (exact) mass is 354 g/mol. The highest BCUT2D eigenvalue weighted by atomic mass is 32.1. The highest BCUT2D eigenvalue weighted by Crippen LogP contribution is 2.30. The van der Waals surface area contributed by atoms with E-state index in [9.17, 15) is 0 Å². The van der Waals surface area contributed by atoms with Gasteiger partial charge in [0.2, 0.25) is 0 Å². The van der Waals surface area contributed by atoms with Gasteiger partial charge in [0.25, 0.3) is 0 Å². The zero-order valence-corrected chi connectivity index (χ0v) is 15.4. The second-order valence-electron chi connectivity index (χ2n) is 6.57. The number of thiophene rings is 1. The fourth-order valence-electron chi connectivity index (χ4n) is 3.25. The van der Waals surface area contributed by atoms with Gasteiger partial charge in [0.15, 0.2) is 5.82 Å². The third-order valence-corrected chi connectivity index (χ3v) is 5.20. The van der Waals surface area contributed by atoms with Crippen LogP contribution in [0.15, 0.2) is 41.8 Å². The molecule has 4 rings (SSSR count). The van der Waals surface area contributed by atoms with E-state index in [1.54, 1.807) is 11.3 Å². The number of rotatable bonds is 4. The molecule has 0 aliphatic carbocycles. The fourth-order valence-corrected chi connectivity index (χ4v) is 3.90. The summed E-state index contributed by atoms with van der Waals surface area (Å²) in [4.78, 5) is 15.3. The maximum atomic E-state index is 5.93. The third-order valence-electron chi connectivity index (χ3n) is 4.33. The number of morpholine rings is 1. The summed E-state index contributed by atoms with van der Waals surface area (Å²) in [6.45, 7) is 3.35. The van der Waals surface area contributed by atoms with E-state index >= 15 is 0 Å². The molecule has 5 nitrogen and oxygen atoms in total. The average Bonchev–Trinajstić information content (AvgIpc) is 3.15. The van der Waals surface area contributed by atoms with Gasteiger partial charge in [-0.05, 0) is 37.7 Å². The van der Waals surface area contributed by atoms with Crippen LogP contribution in [0.4, 0.5) is 5.82 Å². The molecule has 3 aromatic rings. The minimum atomic E-state index is 0.197. The van der Waals surface area contributed by atoms with Crippen LogP contribution in [0, 0.1) is 0 Å². The predicted octanol–water partition coefficient (Wildman–Crippen LogP) is 3.13. The smallest absolute Gasteiger partial charge is 0.172 e. The first-order valence-electron chi connectivity index (χ1n) is 8.52. The van der Waals surface area contributed by atoms with Gasteiger partial charge < -0.3 is 14.5 Å². The molecule has 1 atom stereocenters. The molecular weight excluding hydrogens is 332 g/mol. The largest absolute Gasteiger partial charge is 0.373 e. The zero-order valence-electron chi connectivity index (χ0n) is 14.6. The Morgan fingerprint density at radius 3 is 2.88 bits per heavy atom. The Balaban J connectivity index is 1.75. The topological polar surface area (TPSA) is 41.5 Å². The van der Waals surface area contributed by atoms with Crippen molar-refractivity contribution in [3.63, 3.8) is 0 Å². The number of para-hydroxylation sites is 1. The minimum absolute atomic E-state index is 0.197. The van der Waals surface area contributed by atoms with E-state index in [2.05, 4.69) is 53.5 Å². The van der Waals surface area contributed by atoms with Gasteiger partial charge in [-0.25, -0.2) is 9.97 Å². The first kappa shape index (κ1) is 16.4. The lowest BCUT2D eigenvalue weighted by atomic mass is 10.2. The number of aromatic nitrogens is 2. The molecule has 0 radical (unpaired) electrons. The summed E-state index contributed by atoms with van der Waals surface area (Å²) in [6, 6.07) is 12.4. The molecule has 0 saturated carbocycles. The van der Waals surface area contributed by atoms with Gasteiger partial charge in [0, 0.05) is 25.0 Å². The Kier molecular flexibility index (Phi) is 4.65. The molecule has 3 heterocycles. The first-order valence-corrected chi connectivity index (χ1v) is 9.40. The summed E-state index contributed by atoms with van der Waals surface area (Å²) in [7, 11) is 4.16. The maximum absolute atomic E-state index is 5.93. The van der Waals surface area contributed by atoms with Crippen molar-refractivity contribution >= 4 is 28.1 Å². The van der Waals surface area contributed by atoms with Crippen LogP contribution < -0.4 is 4.90 Å². The lowest BCUT2D eigenvalue weighted by molar-refractivity contribution is 0.0246. The fraction of sp³-hybridized carbons (Fsp3) is 0.368. The van der Waals surface area contributed by atoms with Crippen LogP contribution >= 0.6 is 11.3 Å². The van der Waals surface area contributed by atoms with E-state index in [1.165, 1.54) is 0 Å². The quantitative estimate of drug-likeness (QED) is 0.720. The van der Waals surface area contributed by atoms with Crippen LogP contribution in [0.1, 0.15) is 0 Å². The van der Waals surface area contributed by atoms with Crippen LogP contribution in [0.25, 0.3) is 21.6 Å². The van der Waals surface area contributed by atoms with Crippen LogP contribution in [0.2, 0.25) is 0 Å². The van der Waals surface area contributed by atoms with Crippen LogP contribution in [0.3, 0.4) is 0 Å². The Hall–Kier alpha value is -2.02. The molecule has 1 unspecified atom stereocenters. The maximum Gasteiger partial charge on any atom is 0.172 e. The molecule has 0 spiro atoms. The van der Waals surface area contributed by atoms with Crippen molar-refractivity contribution in [2.75, 3.05) is 45.2 Å². The normalized spacial score (nSPS) is 18.2. The Morgan fingerprint density at radius 2 is 2.08 bits per heavy atom. The third kappa shape index (κ3) is 3.51. The van der Waals surface area contributed by atoms with E-state index < -0.39 is 0 Å². The zero-order chi connectivity index (χ0) is 17.2. The van der Waals surface area contributed by atoms with Crippen molar-refractivity contribution in [1.82, 2.24) is 14.9 Å². The number of ether oxygens (including phenoxy) is 1. The molecule has 0 N–H and O–H groups in total. The molecule has 1 aliphatic heterocycles. The number of fused-ring (bicyclic) bond motifs is 1. The Morgan fingerprint density at radius 1 is 1.20 bits per heavy atom. The number of hydrogen-bond acceptors (Lipinski definition) is 6. The lowest BCUT2D eigenvalue weighted by Gasteiger charge is -2.35. The van der Waals surface area contributed by atoms with E-state index in [-0.39, 0.29) is 6.10 Å². The second-order valence-corrected chi connectivity index (χ2v) is 7.51. The number of hydrogen-bond donors (Lipinski definition) is 0. The van der Waals surface area contributed by atoms with Crippen LogP contribution in [0.5, 0.6) is 0 Å². The molecule has 1 aliphatic rings. The van der Waals surface area contributed by atoms with Gasteiger partial charge in [-0.1, -0.05) is 18.2 Å². The second kappa shape index (κ2) is 7.07. The minimum Gasteiger partial charge on any atom is -0.373 e. The lowest BCUT2D eigenvalue weighted by Crippen LogP contribution is -2.46. The van der Waals surface area contributed by atoms with Gasteiger partial charge in [0.05, 0.1) is 23.1 Å². The van der Waals surface area contributed by atoms with Crippen LogP contribution in [-0.4, -0.2) is 61.3 Å². The Labute approximate surface area is 151 Å². The molecule has 130 valence electrons. The molecule has 1 saturated heterocycles. The first-order chi connectivity index (χ1) is 12.2. The van der Waals surface area contributed by atoms with E-state index in [0.29, 0.717) is 0 Å². The van der Waals surface area contributed by atoms with E-state index in [0.717, 1.165) is 53.7 Å². The summed E-state index contributed by atoms with van der Waals surface area (Å²) in [6.07, 6.45) is 0.197. The summed E-state index contributed by atoms with van der Waals surface area (Å²) in [5, 5.41) is 3.17. The standard InChI is InChI=1S/C19H22N4OS/c1-22(2)12-14-13-23(9-10-24-14)19-15-6-3-4-7-16(15)20-18(21-19)17-8-5-11-25-17/h3-8,11,14H,9-10,12-13H2,1-2H3. The molecule has 0 amide bonds. The molecule has 25 heavy (non-hydrogen) atoms. The molecule has 1 fully saturated rings. The molecule has 6 heteroatoms. The number of nitrogens with zero attached hydrogens (tertiary/aromatic N) is 4. The predicted molar refractivity (Wildman–Crippen MR) is 103 cm³/mol. The van der Waals surface area contributed by atoms with Crippen molar-refractivity contribution in [2.45, 2.75) is 6.10 Å². The highest BCUT2D eigenvalue weighted by Gasteiger charge is 2.24. The summed E-state index contributed by atoms with van der Waals surface area (Å²) in [5.41, 5.74) is 0.992. The number of anilines is 1. The van der Waals surface area contributed by atoms with Crippen molar-refractivity contribution in [3.8, 4) is 10.7 Å². The van der Waals surface area contributed by atoms with Gasteiger partial charge >= 0.3 is 0 Å². The van der Waals surface area contributed by atoms with Gasteiger partial charge in [-0.2, -0.15) is 0 Å². The molecule has 0 bridgehead atoms. The van der Waals surface area contributed by atoms with Crippen LogP contribution in [-0.2, 0) is 4.74 Å². The van der Waals surface area contributed by atoms with Gasteiger partial charge in [0.1, 0.15) is 5.82 Å². The average molecular weight is 354 g/mol. The SMILES string of the molecule is CN(C)CC1CN(c2nc(-c3cccs3)nc3ccccc23)CCO1. The van der Waals surface area contributed by atoms with Gasteiger partial charge in [-0.3, -0.25) is 0 Å². The Bertz CT molecular complexity index is 850. The summed E-state index contributed by atoms with van der Waals surface area (Å²) < 4.78 is 5.93. The van der Waals surface area contributed by atoms with Crippen molar-refractivity contribution in [2.24, 2.45) is 0 Å². The number of likely N-dealkylation sites (N-methyl/N-ethyl adjacent to an activating group) is 1. The highest BCUT2D eigenvalue weighted by molar-refractivity contribution is 7.13. The summed E-state index contributed by atoms with van der Waals surface area (Å²) >= 11 is 1.67. The number of benzene rings is 1. The van der Waals surface area contributed by atoms with Crippen molar-refractivity contribution in [3.05, 3.63) is 41.8 Å². The van der Waals surface area contributed by atoms with Gasteiger partial charge in [-0.15, -0.1) is 11.3 Å². The molecular formula is C19H22N4OS. The molecule has 1 aromatic carbocycles. The summed E-state index contributed by atoms with van der Waals surface area (Å²) in [5.74, 6) is 1.82. The van der Waals surface area contributed by atoms with Crippen molar-refractivity contribution in [1.29, 1.82) is 0 Å². The van der Waals surface area contributed by atoms with E-state index in [4.69, 9.17) is 14.7 Å². The van der Waals surface area contributed by atoms with E-state index in [1.807, 2.05) is 12.1 Å². The molecule has 2 aromatic heterocycles. The van der Waals surface area contributed by atoms with Crippen molar-refractivity contribution < 1.29 is 4.74 Å².